The van der Waals surface area contributed by atoms with Crippen molar-refractivity contribution in [3.05, 3.63) is 60.2 Å². The number of amides is 1. The number of para-hydroxylation sites is 1. The van der Waals surface area contributed by atoms with E-state index < -0.39 is 44.4 Å². The van der Waals surface area contributed by atoms with E-state index in [0.29, 0.717) is 17.9 Å². The highest BCUT2D eigenvalue weighted by molar-refractivity contribution is 6.76. The second kappa shape index (κ2) is 11.2. The van der Waals surface area contributed by atoms with Gasteiger partial charge in [0.25, 0.3) is 0 Å². The van der Waals surface area contributed by atoms with Crippen LogP contribution in [0.4, 0.5) is 4.79 Å². The van der Waals surface area contributed by atoms with Crippen LogP contribution in [0.5, 0.6) is 5.75 Å². The lowest BCUT2D eigenvalue weighted by Crippen LogP contribution is -2.41. The van der Waals surface area contributed by atoms with Gasteiger partial charge in [-0.05, 0) is 56.9 Å². The lowest BCUT2D eigenvalue weighted by atomic mass is 9.78. The molecule has 1 amide bonds. The summed E-state index contributed by atoms with van der Waals surface area (Å²) >= 11 is 0. The Labute approximate surface area is 216 Å². The molecule has 7 nitrogen and oxygen atoms in total. The summed E-state index contributed by atoms with van der Waals surface area (Å²) in [7, 11) is -1.82. The fourth-order valence-electron chi connectivity index (χ4n) is 3.56. The SMILES string of the molecule is CC1(C)OB(c2ccc(C(CNC(=O)OCC[Si](C)(C)C)C(=O)Oc3ccccc3)cc2)OC1(C)C. The first kappa shape index (κ1) is 28.0. The van der Waals surface area contributed by atoms with Crippen LogP contribution in [0.3, 0.4) is 0 Å². The first-order valence-electron chi connectivity index (χ1n) is 12.4. The maximum atomic E-state index is 13.1. The monoisotopic (exact) mass is 511 g/mol. The van der Waals surface area contributed by atoms with Gasteiger partial charge in [-0.25, -0.2) is 4.79 Å². The van der Waals surface area contributed by atoms with Crippen molar-refractivity contribution in [3.63, 3.8) is 0 Å². The fourth-order valence-corrected chi connectivity index (χ4v) is 4.28. The third kappa shape index (κ3) is 7.44. The summed E-state index contributed by atoms with van der Waals surface area (Å²) in [5, 5.41) is 2.73. The molecule has 9 heteroatoms. The predicted octanol–water partition coefficient (Wildman–Crippen LogP) is 4.74. The van der Waals surface area contributed by atoms with Crippen molar-refractivity contribution in [2.75, 3.05) is 13.2 Å². The molecule has 36 heavy (non-hydrogen) atoms. The molecule has 1 N–H and O–H groups in total. The van der Waals surface area contributed by atoms with E-state index in [-0.39, 0.29) is 6.54 Å². The Hall–Kier alpha value is -2.62. The first-order chi connectivity index (χ1) is 16.8. The molecule has 0 aliphatic carbocycles. The van der Waals surface area contributed by atoms with E-state index in [1.165, 1.54) is 0 Å². The molecule has 1 heterocycles. The molecule has 3 rings (SSSR count). The number of esters is 1. The summed E-state index contributed by atoms with van der Waals surface area (Å²) in [6, 6.07) is 17.2. The van der Waals surface area contributed by atoms with Crippen molar-refractivity contribution in [1.82, 2.24) is 5.32 Å². The molecule has 0 aromatic heterocycles. The van der Waals surface area contributed by atoms with Crippen LogP contribution in [0.2, 0.25) is 25.7 Å². The van der Waals surface area contributed by atoms with Crippen molar-refractivity contribution in [1.29, 1.82) is 0 Å². The van der Waals surface area contributed by atoms with Gasteiger partial charge in [0.2, 0.25) is 0 Å². The average Bonchev–Trinajstić information content (AvgIpc) is 3.01. The third-order valence-corrected chi connectivity index (χ3v) is 8.35. The third-order valence-electron chi connectivity index (χ3n) is 6.65. The number of hydrogen-bond acceptors (Lipinski definition) is 6. The molecule has 0 radical (unpaired) electrons. The highest BCUT2D eigenvalue weighted by Gasteiger charge is 2.51. The zero-order valence-electron chi connectivity index (χ0n) is 22.4. The Kier molecular flexibility index (Phi) is 8.69. The minimum Gasteiger partial charge on any atom is -0.450 e. The number of carbonyl (C=O) groups excluding carboxylic acids is 2. The van der Waals surface area contributed by atoms with E-state index in [1.54, 1.807) is 24.3 Å². The van der Waals surface area contributed by atoms with Crippen molar-refractivity contribution < 1.29 is 28.4 Å². The predicted molar refractivity (Wildman–Crippen MR) is 144 cm³/mol. The Morgan fingerprint density at radius 1 is 0.944 bits per heavy atom. The van der Waals surface area contributed by atoms with Crippen LogP contribution in [0.25, 0.3) is 0 Å². The highest BCUT2D eigenvalue weighted by Crippen LogP contribution is 2.36. The van der Waals surface area contributed by atoms with E-state index in [2.05, 4.69) is 25.0 Å². The zero-order valence-corrected chi connectivity index (χ0v) is 23.4. The van der Waals surface area contributed by atoms with Crippen molar-refractivity contribution in [3.8, 4) is 5.75 Å². The van der Waals surface area contributed by atoms with E-state index >= 15 is 0 Å². The summed E-state index contributed by atoms with van der Waals surface area (Å²) in [5.74, 6) is -0.742. The van der Waals surface area contributed by atoms with E-state index in [9.17, 15) is 9.59 Å². The van der Waals surface area contributed by atoms with Crippen LogP contribution in [-0.2, 0) is 18.8 Å². The summed E-state index contributed by atoms with van der Waals surface area (Å²) in [4.78, 5) is 25.4. The molecule has 194 valence electrons. The fraction of sp³-hybridized carbons (Fsp3) is 0.481. The molecule has 1 unspecified atom stereocenters. The Balaban J connectivity index is 1.72. The molecule has 0 spiro atoms. The molecule has 1 fully saturated rings. The van der Waals surface area contributed by atoms with Crippen molar-refractivity contribution >= 4 is 32.7 Å². The van der Waals surface area contributed by atoms with Gasteiger partial charge in [-0.3, -0.25) is 4.79 Å². The minimum absolute atomic E-state index is 0.0489. The number of hydrogen-bond donors (Lipinski definition) is 1. The van der Waals surface area contributed by atoms with Gasteiger partial charge in [-0.1, -0.05) is 62.1 Å². The summed E-state index contributed by atoms with van der Waals surface area (Å²) in [5.41, 5.74) is 0.667. The molecule has 0 saturated carbocycles. The molecule has 2 aromatic carbocycles. The smallest absolute Gasteiger partial charge is 0.450 e. The number of alkyl carbamates (subject to hydrolysis) is 1. The lowest BCUT2D eigenvalue weighted by molar-refractivity contribution is -0.136. The number of benzene rings is 2. The molecule has 1 atom stereocenters. The molecular weight excluding hydrogens is 473 g/mol. The van der Waals surface area contributed by atoms with Crippen LogP contribution < -0.4 is 15.5 Å². The Morgan fingerprint density at radius 3 is 2.08 bits per heavy atom. The van der Waals surface area contributed by atoms with Gasteiger partial charge in [0, 0.05) is 14.6 Å². The quantitative estimate of drug-likeness (QED) is 0.298. The van der Waals surface area contributed by atoms with E-state index in [4.69, 9.17) is 18.8 Å². The van der Waals surface area contributed by atoms with Gasteiger partial charge in [0.15, 0.2) is 0 Å². The number of nitrogens with one attached hydrogen (secondary N) is 1. The van der Waals surface area contributed by atoms with Crippen molar-refractivity contribution in [2.45, 2.75) is 70.5 Å². The van der Waals surface area contributed by atoms with E-state index in [0.717, 1.165) is 11.5 Å². The van der Waals surface area contributed by atoms with Crippen LogP contribution in [0, 0.1) is 0 Å². The molecule has 1 saturated heterocycles. The average molecular weight is 512 g/mol. The normalized spacial score (nSPS) is 17.4. The number of rotatable bonds is 9. The molecular formula is C27H38BNO6Si. The number of carbonyl (C=O) groups is 2. The molecule has 2 aromatic rings. The lowest BCUT2D eigenvalue weighted by Gasteiger charge is -2.32. The zero-order chi connectivity index (χ0) is 26.6. The summed E-state index contributed by atoms with van der Waals surface area (Å²) in [6.45, 7) is 15.1. The van der Waals surface area contributed by atoms with Crippen LogP contribution >= 0.6 is 0 Å². The van der Waals surface area contributed by atoms with Crippen LogP contribution in [0.15, 0.2) is 54.6 Å². The second-order valence-electron chi connectivity index (χ2n) is 11.4. The maximum absolute atomic E-state index is 13.1. The van der Waals surface area contributed by atoms with Gasteiger partial charge in [0.05, 0.1) is 23.7 Å². The highest BCUT2D eigenvalue weighted by atomic mass is 28.3. The number of ether oxygens (including phenoxy) is 2. The van der Waals surface area contributed by atoms with Crippen LogP contribution in [-0.4, -0.2) is 51.6 Å². The van der Waals surface area contributed by atoms with E-state index in [1.807, 2.05) is 58.0 Å². The Bertz CT molecular complexity index is 1020. The maximum Gasteiger partial charge on any atom is 0.494 e. The van der Waals surface area contributed by atoms with Gasteiger partial charge < -0.3 is 24.1 Å². The summed E-state index contributed by atoms with van der Waals surface area (Å²) < 4.78 is 23.2. The standard InChI is InChI=1S/C27H38BNO6Si/c1-26(2)27(3,4)35-28(34-26)21-15-13-20(14-16-21)23(24(30)33-22-11-9-8-10-12-22)19-29-25(31)32-17-18-36(5,6)7/h8-16,23H,17-19H2,1-7H3,(H,29,31). The minimum atomic E-state index is -1.32. The largest absolute Gasteiger partial charge is 0.494 e. The van der Waals surface area contributed by atoms with Crippen LogP contribution in [0.1, 0.15) is 39.2 Å². The van der Waals surface area contributed by atoms with Gasteiger partial charge >= 0.3 is 19.2 Å². The Morgan fingerprint density at radius 2 is 1.53 bits per heavy atom. The molecule has 1 aliphatic rings. The summed E-state index contributed by atoms with van der Waals surface area (Å²) in [6.07, 6.45) is -0.542. The topological polar surface area (TPSA) is 83.1 Å². The van der Waals surface area contributed by atoms with Gasteiger partial charge in [0.1, 0.15) is 5.75 Å². The second-order valence-corrected chi connectivity index (χ2v) is 17.0. The molecule has 1 aliphatic heterocycles. The molecule has 0 bridgehead atoms. The van der Waals surface area contributed by atoms with Gasteiger partial charge in [-0.2, -0.15) is 0 Å². The first-order valence-corrected chi connectivity index (χ1v) is 16.1. The van der Waals surface area contributed by atoms with Crippen molar-refractivity contribution in [2.24, 2.45) is 0 Å². The van der Waals surface area contributed by atoms with Gasteiger partial charge in [-0.15, -0.1) is 0 Å².